The fraction of sp³-hybridized carbons (Fsp3) is 0.750. The average molecular weight is 234 g/mol. The Labute approximate surface area is 91.3 Å². The molecule has 0 bridgehead atoms. The number of thiocarbonyl (C=S) groups is 1. The summed E-state index contributed by atoms with van der Waals surface area (Å²) >= 11 is 4.76. The van der Waals surface area contributed by atoms with Crippen molar-refractivity contribution >= 4 is 33.9 Å². The molecule has 80 valence electrons. The molecule has 1 fully saturated rings. The Kier molecular flexibility index (Phi) is 4.00. The van der Waals surface area contributed by atoms with Crippen LogP contribution in [-0.2, 0) is 15.6 Å². The van der Waals surface area contributed by atoms with E-state index in [1.165, 1.54) is 0 Å². The highest BCUT2D eigenvalue weighted by Gasteiger charge is 2.25. The van der Waals surface area contributed by atoms with Gasteiger partial charge in [-0.15, -0.1) is 0 Å². The van der Waals surface area contributed by atoms with Crippen LogP contribution in [0.1, 0.15) is 6.92 Å². The van der Waals surface area contributed by atoms with Gasteiger partial charge >= 0.3 is 0 Å². The van der Waals surface area contributed by atoms with Crippen LogP contribution in [-0.4, -0.2) is 44.6 Å². The average Bonchev–Trinajstić information content (AvgIpc) is 2.16. The van der Waals surface area contributed by atoms with Gasteiger partial charge in [0.2, 0.25) is 5.91 Å². The zero-order valence-corrected chi connectivity index (χ0v) is 9.70. The van der Waals surface area contributed by atoms with E-state index < -0.39 is 16.7 Å². The van der Waals surface area contributed by atoms with E-state index in [1.54, 1.807) is 11.8 Å². The van der Waals surface area contributed by atoms with E-state index in [0.29, 0.717) is 24.6 Å². The summed E-state index contributed by atoms with van der Waals surface area (Å²) in [5.74, 6) is 0.678. The summed E-state index contributed by atoms with van der Waals surface area (Å²) in [5, 5.41) is 0. The number of hydrogen-bond acceptors (Lipinski definition) is 3. The van der Waals surface area contributed by atoms with Crippen LogP contribution >= 0.6 is 12.2 Å². The highest BCUT2D eigenvalue weighted by atomic mass is 32.2. The minimum Gasteiger partial charge on any atom is -0.393 e. The van der Waals surface area contributed by atoms with Crippen LogP contribution in [0.2, 0.25) is 0 Å². The Balaban J connectivity index is 2.53. The van der Waals surface area contributed by atoms with Crippen molar-refractivity contribution in [1.29, 1.82) is 0 Å². The zero-order chi connectivity index (χ0) is 10.7. The van der Waals surface area contributed by atoms with E-state index in [9.17, 15) is 9.00 Å². The first-order valence-corrected chi connectivity index (χ1v) is 6.35. The topological polar surface area (TPSA) is 63.4 Å². The third kappa shape index (κ3) is 2.75. The lowest BCUT2D eigenvalue weighted by Gasteiger charge is -2.28. The van der Waals surface area contributed by atoms with Gasteiger partial charge in [-0.25, -0.2) is 0 Å². The summed E-state index contributed by atoms with van der Waals surface area (Å²) < 4.78 is 11.1. The number of carbonyl (C=O) groups excluding carboxylic acids is 1. The summed E-state index contributed by atoms with van der Waals surface area (Å²) in [5.41, 5.74) is 5.39. The summed E-state index contributed by atoms with van der Waals surface area (Å²) in [7, 11) is -0.759. The second kappa shape index (κ2) is 4.84. The van der Waals surface area contributed by atoms with Crippen molar-refractivity contribution in [3.63, 3.8) is 0 Å². The smallest absolute Gasteiger partial charge is 0.232 e. The van der Waals surface area contributed by atoms with Gasteiger partial charge in [0.15, 0.2) is 0 Å². The maximum absolute atomic E-state index is 11.7. The lowest BCUT2D eigenvalue weighted by molar-refractivity contribution is -0.132. The van der Waals surface area contributed by atoms with Gasteiger partial charge in [0.25, 0.3) is 0 Å². The second-order valence-corrected chi connectivity index (χ2v) is 5.46. The molecule has 1 amide bonds. The van der Waals surface area contributed by atoms with Crippen LogP contribution in [0.25, 0.3) is 0 Å². The Morgan fingerprint density at radius 1 is 1.50 bits per heavy atom. The van der Waals surface area contributed by atoms with Crippen LogP contribution < -0.4 is 5.73 Å². The first-order valence-electron chi connectivity index (χ1n) is 4.45. The molecule has 0 radical (unpaired) electrons. The maximum Gasteiger partial charge on any atom is 0.232 e. The third-order valence-corrected chi connectivity index (χ3v) is 3.92. The van der Waals surface area contributed by atoms with Crippen LogP contribution in [0.15, 0.2) is 0 Å². The highest BCUT2D eigenvalue weighted by molar-refractivity contribution is 7.85. The number of amides is 1. The van der Waals surface area contributed by atoms with Crippen molar-refractivity contribution in [2.45, 2.75) is 6.92 Å². The largest absolute Gasteiger partial charge is 0.393 e. The van der Waals surface area contributed by atoms with Crippen molar-refractivity contribution in [2.75, 3.05) is 24.6 Å². The lowest BCUT2D eigenvalue weighted by atomic mass is 10.1. The van der Waals surface area contributed by atoms with Crippen LogP contribution in [0.5, 0.6) is 0 Å². The van der Waals surface area contributed by atoms with Gasteiger partial charge in [-0.2, -0.15) is 0 Å². The number of nitrogens with zero attached hydrogens (tertiary/aromatic N) is 1. The summed E-state index contributed by atoms with van der Waals surface area (Å²) in [6.45, 7) is 2.81. The normalized spacial score (nSPS) is 20.5. The van der Waals surface area contributed by atoms with E-state index in [0.717, 1.165) is 0 Å². The van der Waals surface area contributed by atoms with Crippen LogP contribution in [0.3, 0.4) is 0 Å². The van der Waals surface area contributed by atoms with Gasteiger partial charge in [0.05, 0.1) is 10.9 Å². The van der Waals surface area contributed by atoms with Crippen molar-refractivity contribution in [2.24, 2.45) is 11.7 Å². The molecule has 1 atom stereocenters. The molecule has 2 N–H and O–H groups in total. The predicted molar refractivity (Wildman–Crippen MR) is 60.4 cm³/mol. The number of nitrogens with two attached hydrogens (primary N) is 1. The number of rotatable bonds is 2. The highest BCUT2D eigenvalue weighted by Crippen LogP contribution is 2.07. The molecule has 0 aromatic carbocycles. The minimum atomic E-state index is -0.759. The van der Waals surface area contributed by atoms with E-state index >= 15 is 0 Å². The number of carbonyl (C=O) groups is 1. The molecule has 1 unspecified atom stereocenters. The first-order chi connectivity index (χ1) is 6.52. The molecule has 1 saturated heterocycles. The van der Waals surface area contributed by atoms with Crippen molar-refractivity contribution in [3.05, 3.63) is 0 Å². The van der Waals surface area contributed by atoms with E-state index in [1.807, 2.05) is 0 Å². The Bertz CT molecular complexity index is 271. The van der Waals surface area contributed by atoms with Crippen LogP contribution in [0, 0.1) is 5.92 Å². The van der Waals surface area contributed by atoms with Crippen molar-refractivity contribution < 1.29 is 9.00 Å². The van der Waals surface area contributed by atoms with Crippen molar-refractivity contribution in [1.82, 2.24) is 4.90 Å². The molecular formula is C8H14N2O2S2. The lowest BCUT2D eigenvalue weighted by Crippen LogP contribution is -2.46. The molecule has 14 heavy (non-hydrogen) atoms. The summed E-state index contributed by atoms with van der Waals surface area (Å²) in [6, 6.07) is 0. The molecule has 0 aliphatic carbocycles. The summed E-state index contributed by atoms with van der Waals surface area (Å²) in [4.78, 5) is 13.6. The maximum atomic E-state index is 11.7. The fourth-order valence-corrected chi connectivity index (χ4v) is 2.41. The van der Waals surface area contributed by atoms with Gasteiger partial charge < -0.3 is 10.6 Å². The molecule has 1 aliphatic heterocycles. The van der Waals surface area contributed by atoms with E-state index in [2.05, 4.69) is 0 Å². The molecule has 0 saturated carbocycles. The SMILES string of the molecule is CC(C(=O)N1CCS(=O)CC1)C(N)=S. The molecule has 0 aromatic rings. The van der Waals surface area contributed by atoms with Gasteiger partial charge in [-0.1, -0.05) is 12.2 Å². The molecule has 1 rings (SSSR count). The van der Waals surface area contributed by atoms with Crippen LogP contribution in [0.4, 0.5) is 0 Å². The third-order valence-electron chi connectivity index (χ3n) is 2.29. The number of hydrogen-bond donors (Lipinski definition) is 1. The molecular weight excluding hydrogens is 220 g/mol. The van der Waals surface area contributed by atoms with Gasteiger partial charge in [0, 0.05) is 35.4 Å². The standard InChI is InChI=1S/C8H14N2O2S2/c1-6(7(9)13)8(11)10-2-4-14(12)5-3-10/h6H,2-5H2,1H3,(H2,9,13). The zero-order valence-electron chi connectivity index (χ0n) is 8.06. The predicted octanol–water partition coefficient (Wildman–Crippen LogP) is -0.500. The van der Waals surface area contributed by atoms with E-state index in [-0.39, 0.29) is 10.9 Å². The van der Waals surface area contributed by atoms with Gasteiger partial charge in [-0.05, 0) is 6.92 Å². The Morgan fingerprint density at radius 2 is 2.00 bits per heavy atom. The van der Waals surface area contributed by atoms with Gasteiger partial charge in [0.1, 0.15) is 0 Å². The second-order valence-electron chi connectivity index (χ2n) is 3.30. The molecule has 1 heterocycles. The monoisotopic (exact) mass is 234 g/mol. The Hall–Kier alpha value is -0.490. The van der Waals surface area contributed by atoms with Crippen molar-refractivity contribution in [3.8, 4) is 0 Å². The first kappa shape index (κ1) is 11.6. The molecule has 0 spiro atoms. The molecule has 0 aromatic heterocycles. The minimum absolute atomic E-state index is 0.0470. The summed E-state index contributed by atoms with van der Waals surface area (Å²) in [6.07, 6.45) is 0. The molecule has 6 heteroatoms. The fourth-order valence-electron chi connectivity index (χ4n) is 1.25. The van der Waals surface area contributed by atoms with Gasteiger partial charge in [-0.3, -0.25) is 9.00 Å². The molecule has 1 aliphatic rings. The van der Waals surface area contributed by atoms with E-state index in [4.69, 9.17) is 18.0 Å². The Morgan fingerprint density at radius 3 is 2.43 bits per heavy atom. The molecule has 4 nitrogen and oxygen atoms in total. The quantitative estimate of drug-likeness (QED) is 0.654.